The van der Waals surface area contributed by atoms with Crippen molar-refractivity contribution in [3.8, 4) is 0 Å². The Kier molecular flexibility index (Phi) is 5.37. The number of aromatic carboxylic acids is 1. The Bertz CT molecular complexity index is 500. The second kappa shape index (κ2) is 6.79. The highest BCUT2D eigenvalue weighted by molar-refractivity contribution is 5.95. The second-order valence-corrected chi connectivity index (χ2v) is 5.13. The highest BCUT2D eigenvalue weighted by Gasteiger charge is 2.12. The van der Waals surface area contributed by atoms with Crippen LogP contribution in [0.2, 0.25) is 0 Å². The normalized spacial score (nSPS) is 10.4. The maximum atomic E-state index is 11.7. The zero-order chi connectivity index (χ0) is 15.3. The molecule has 0 radical (unpaired) electrons. The van der Waals surface area contributed by atoms with Gasteiger partial charge in [0.1, 0.15) is 0 Å². The van der Waals surface area contributed by atoms with Crippen molar-refractivity contribution in [1.29, 1.82) is 0 Å². The molecular formula is C14H21N3O3. The number of rotatable bonds is 6. The van der Waals surface area contributed by atoms with Crippen LogP contribution >= 0.6 is 0 Å². The number of likely N-dealkylation sites (N-methyl/N-ethyl adjacent to an activating group) is 1. The van der Waals surface area contributed by atoms with Gasteiger partial charge in [0.05, 0.1) is 12.1 Å². The van der Waals surface area contributed by atoms with Gasteiger partial charge in [-0.25, -0.2) is 4.79 Å². The van der Waals surface area contributed by atoms with Crippen molar-refractivity contribution in [2.75, 3.05) is 30.8 Å². The molecule has 0 atom stereocenters. The van der Waals surface area contributed by atoms with Gasteiger partial charge in [-0.15, -0.1) is 0 Å². The summed E-state index contributed by atoms with van der Waals surface area (Å²) in [6.45, 7) is 4.82. The Balaban J connectivity index is 2.72. The lowest BCUT2D eigenvalue weighted by molar-refractivity contribution is -0.119. The molecule has 4 N–H and O–H groups in total. The lowest BCUT2D eigenvalue weighted by Crippen LogP contribution is -2.36. The van der Waals surface area contributed by atoms with Crippen LogP contribution in [0.4, 0.5) is 11.4 Å². The molecule has 0 spiro atoms. The van der Waals surface area contributed by atoms with Crippen LogP contribution in [0.5, 0.6) is 0 Å². The largest absolute Gasteiger partial charge is 0.478 e. The van der Waals surface area contributed by atoms with Gasteiger partial charge in [-0.1, -0.05) is 13.8 Å². The quantitative estimate of drug-likeness (QED) is 0.679. The third-order valence-electron chi connectivity index (χ3n) is 2.80. The fraction of sp³-hybridized carbons (Fsp3) is 0.429. The van der Waals surface area contributed by atoms with E-state index in [1.807, 2.05) is 13.8 Å². The van der Waals surface area contributed by atoms with Gasteiger partial charge >= 0.3 is 5.97 Å². The van der Waals surface area contributed by atoms with Crippen molar-refractivity contribution in [2.45, 2.75) is 13.8 Å². The van der Waals surface area contributed by atoms with Crippen molar-refractivity contribution in [1.82, 2.24) is 5.32 Å². The average Bonchev–Trinajstić information content (AvgIpc) is 2.36. The number of carbonyl (C=O) groups is 2. The summed E-state index contributed by atoms with van der Waals surface area (Å²) < 4.78 is 0. The predicted molar refractivity (Wildman–Crippen MR) is 78.9 cm³/mol. The van der Waals surface area contributed by atoms with Crippen LogP contribution in [0.1, 0.15) is 24.2 Å². The predicted octanol–water partition coefficient (Wildman–Crippen LogP) is 1.18. The summed E-state index contributed by atoms with van der Waals surface area (Å²) in [5, 5.41) is 11.8. The standard InChI is InChI=1S/C14H21N3O3/c1-9(2)7-16-13(18)8-17(3)10-4-5-12(15)11(6-10)14(19)20/h4-6,9H,7-8,15H2,1-3H3,(H,16,18)(H,19,20). The molecule has 0 unspecified atom stereocenters. The molecule has 0 fully saturated rings. The van der Waals surface area contributed by atoms with Crippen molar-refractivity contribution in [2.24, 2.45) is 5.92 Å². The van der Waals surface area contributed by atoms with E-state index >= 15 is 0 Å². The molecule has 1 aromatic rings. The molecule has 0 aliphatic heterocycles. The number of carboxylic acid groups (broad SMARTS) is 1. The molecule has 6 nitrogen and oxygen atoms in total. The van der Waals surface area contributed by atoms with Crippen LogP contribution < -0.4 is 16.0 Å². The van der Waals surface area contributed by atoms with Gasteiger partial charge in [0.25, 0.3) is 0 Å². The average molecular weight is 279 g/mol. The maximum Gasteiger partial charge on any atom is 0.337 e. The van der Waals surface area contributed by atoms with E-state index in [0.29, 0.717) is 18.2 Å². The van der Waals surface area contributed by atoms with Crippen molar-refractivity contribution >= 4 is 23.3 Å². The fourth-order valence-corrected chi connectivity index (χ4v) is 1.65. The van der Waals surface area contributed by atoms with Crippen LogP contribution in [-0.2, 0) is 4.79 Å². The van der Waals surface area contributed by atoms with Crippen LogP contribution in [0.25, 0.3) is 0 Å². The van der Waals surface area contributed by atoms with Crippen LogP contribution in [-0.4, -0.2) is 37.1 Å². The summed E-state index contributed by atoms with van der Waals surface area (Å²) in [6.07, 6.45) is 0. The second-order valence-electron chi connectivity index (χ2n) is 5.13. The maximum absolute atomic E-state index is 11.7. The molecule has 1 rings (SSSR count). The zero-order valence-corrected chi connectivity index (χ0v) is 12.0. The van der Waals surface area contributed by atoms with Gasteiger partial charge in [0.15, 0.2) is 0 Å². The number of hydrogen-bond acceptors (Lipinski definition) is 4. The summed E-state index contributed by atoms with van der Waals surface area (Å²) in [4.78, 5) is 24.4. The lowest BCUT2D eigenvalue weighted by atomic mass is 10.1. The number of anilines is 2. The first kappa shape index (κ1) is 15.8. The van der Waals surface area contributed by atoms with Crippen LogP contribution in [0.15, 0.2) is 18.2 Å². The minimum Gasteiger partial charge on any atom is -0.478 e. The molecule has 0 aromatic heterocycles. The Morgan fingerprint density at radius 3 is 2.60 bits per heavy atom. The third-order valence-corrected chi connectivity index (χ3v) is 2.80. The molecule has 0 saturated heterocycles. The van der Waals surface area contributed by atoms with E-state index in [1.54, 1.807) is 18.0 Å². The minimum atomic E-state index is -1.08. The first-order chi connectivity index (χ1) is 9.31. The number of carboxylic acids is 1. The molecule has 0 bridgehead atoms. The molecule has 0 aliphatic rings. The third kappa shape index (κ3) is 4.46. The molecule has 20 heavy (non-hydrogen) atoms. The Hall–Kier alpha value is -2.24. The van der Waals surface area contributed by atoms with E-state index in [0.717, 1.165) is 0 Å². The van der Waals surface area contributed by atoms with E-state index in [2.05, 4.69) is 5.32 Å². The molecule has 110 valence electrons. The van der Waals surface area contributed by atoms with Crippen molar-refractivity contribution in [3.05, 3.63) is 23.8 Å². The monoisotopic (exact) mass is 279 g/mol. The highest BCUT2D eigenvalue weighted by Crippen LogP contribution is 2.20. The van der Waals surface area contributed by atoms with Gasteiger partial charge in [0.2, 0.25) is 5.91 Å². The Labute approximate surface area is 118 Å². The lowest BCUT2D eigenvalue weighted by Gasteiger charge is -2.20. The van der Waals surface area contributed by atoms with Gasteiger partial charge in [0, 0.05) is 25.0 Å². The number of hydrogen-bond donors (Lipinski definition) is 3. The molecule has 0 saturated carbocycles. The molecule has 1 amide bonds. The van der Waals surface area contributed by atoms with Crippen LogP contribution in [0, 0.1) is 5.92 Å². The van der Waals surface area contributed by atoms with Gasteiger partial charge < -0.3 is 21.1 Å². The summed E-state index contributed by atoms with van der Waals surface area (Å²) in [5.41, 5.74) is 6.48. The topological polar surface area (TPSA) is 95.7 Å². The molecule has 0 aliphatic carbocycles. The number of nitrogen functional groups attached to an aromatic ring is 1. The van der Waals surface area contributed by atoms with Crippen molar-refractivity contribution < 1.29 is 14.7 Å². The minimum absolute atomic E-state index is 0.0388. The van der Waals surface area contributed by atoms with Gasteiger partial charge in [-0.2, -0.15) is 0 Å². The number of carbonyl (C=O) groups excluding carboxylic acids is 1. The highest BCUT2D eigenvalue weighted by atomic mass is 16.4. The SMILES string of the molecule is CC(C)CNC(=O)CN(C)c1ccc(N)c(C(=O)O)c1. The van der Waals surface area contributed by atoms with E-state index < -0.39 is 5.97 Å². The fourth-order valence-electron chi connectivity index (χ4n) is 1.65. The van der Waals surface area contributed by atoms with Crippen molar-refractivity contribution in [3.63, 3.8) is 0 Å². The number of benzene rings is 1. The Morgan fingerprint density at radius 1 is 1.40 bits per heavy atom. The molecule has 6 heteroatoms. The molecular weight excluding hydrogens is 258 g/mol. The molecule has 1 aromatic carbocycles. The summed E-state index contributed by atoms with van der Waals surface area (Å²) in [7, 11) is 1.73. The van der Waals surface area contributed by atoms with E-state index in [4.69, 9.17) is 10.8 Å². The smallest absolute Gasteiger partial charge is 0.337 e. The number of nitrogens with zero attached hydrogens (tertiary/aromatic N) is 1. The summed E-state index contributed by atoms with van der Waals surface area (Å²) >= 11 is 0. The van der Waals surface area contributed by atoms with Crippen LogP contribution in [0.3, 0.4) is 0 Å². The first-order valence-electron chi connectivity index (χ1n) is 6.42. The summed E-state index contributed by atoms with van der Waals surface area (Å²) in [6, 6.07) is 4.69. The van der Waals surface area contributed by atoms with E-state index in [1.165, 1.54) is 12.1 Å². The van der Waals surface area contributed by atoms with E-state index in [9.17, 15) is 9.59 Å². The summed E-state index contributed by atoms with van der Waals surface area (Å²) in [5.74, 6) is -0.795. The first-order valence-corrected chi connectivity index (χ1v) is 6.42. The van der Waals surface area contributed by atoms with Gasteiger partial charge in [-0.05, 0) is 24.1 Å². The zero-order valence-electron chi connectivity index (χ0n) is 12.0. The molecule has 0 heterocycles. The Morgan fingerprint density at radius 2 is 2.05 bits per heavy atom. The van der Waals surface area contributed by atoms with E-state index in [-0.39, 0.29) is 23.7 Å². The number of amides is 1. The number of nitrogens with one attached hydrogen (secondary N) is 1. The van der Waals surface area contributed by atoms with Gasteiger partial charge in [-0.3, -0.25) is 4.79 Å². The number of nitrogens with two attached hydrogens (primary N) is 1.